The monoisotopic (exact) mass is 273 g/mol. The number of carbonyl (C=O) groups is 1. The fourth-order valence-electron chi connectivity index (χ4n) is 2.74. The number of hydrogen-bond donors (Lipinski definition) is 0. The van der Waals surface area contributed by atoms with Gasteiger partial charge < -0.3 is 9.64 Å². The molecule has 0 bridgehead atoms. The zero-order valence-corrected chi connectivity index (χ0v) is 12.7. The second-order valence-electron chi connectivity index (χ2n) is 5.48. The van der Waals surface area contributed by atoms with Crippen molar-refractivity contribution in [3.8, 4) is 0 Å². The third-order valence-corrected chi connectivity index (χ3v) is 4.16. The largest absolute Gasteiger partial charge is 0.358 e. The van der Waals surface area contributed by atoms with Crippen molar-refractivity contribution in [3.63, 3.8) is 0 Å². The first-order valence-corrected chi connectivity index (χ1v) is 7.13. The first kappa shape index (κ1) is 14.8. The van der Waals surface area contributed by atoms with Crippen LogP contribution < -0.4 is 0 Å². The van der Waals surface area contributed by atoms with Gasteiger partial charge in [0.25, 0.3) is 5.91 Å². The zero-order chi connectivity index (χ0) is 14.7. The molecule has 0 radical (unpaired) electrons. The van der Waals surface area contributed by atoms with Gasteiger partial charge >= 0.3 is 0 Å². The molecule has 1 aromatic carbocycles. The van der Waals surface area contributed by atoms with Gasteiger partial charge in [0.1, 0.15) is 0 Å². The van der Waals surface area contributed by atoms with Gasteiger partial charge in [0.05, 0.1) is 0 Å². The molecule has 108 valence electrons. The van der Waals surface area contributed by atoms with Crippen molar-refractivity contribution in [3.05, 3.63) is 47.0 Å². The van der Waals surface area contributed by atoms with E-state index >= 15 is 0 Å². The second kappa shape index (κ2) is 6.23. The maximum Gasteiger partial charge on any atom is 0.252 e. The number of nitrogens with zero attached hydrogens (tertiary/aromatic N) is 1. The minimum absolute atomic E-state index is 0.106. The van der Waals surface area contributed by atoms with Gasteiger partial charge in [-0.15, -0.1) is 0 Å². The van der Waals surface area contributed by atoms with Gasteiger partial charge in [0.2, 0.25) is 0 Å². The summed E-state index contributed by atoms with van der Waals surface area (Å²) in [5, 5.41) is 0. The Morgan fingerprint density at radius 2 is 1.90 bits per heavy atom. The van der Waals surface area contributed by atoms with Crippen LogP contribution in [0.3, 0.4) is 0 Å². The average Bonchev–Trinajstić information content (AvgIpc) is 2.69. The topological polar surface area (TPSA) is 29.5 Å². The Labute approximate surface area is 121 Å². The number of benzene rings is 1. The van der Waals surface area contributed by atoms with Crippen molar-refractivity contribution in [1.82, 2.24) is 4.90 Å². The molecule has 20 heavy (non-hydrogen) atoms. The summed E-state index contributed by atoms with van der Waals surface area (Å²) >= 11 is 0. The van der Waals surface area contributed by atoms with Crippen LogP contribution in [0.1, 0.15) is 32.8 Å². The number of methoxy groups -OCH3 is 1. The summed E-state index contributed by atoms with van der Waals surface area (Å²) in [7, 11) is 1.66. The molecular formula is C17H23NO2. The maximum atomic E-state index is 12.3. The van der Waals surface area contributed by atoms with Crippen LogP contribution in [0.15, 0.2) is 41.5 Å². The summed E-state index contributed by atoms with van der Waals surface area (Å²) < 4.78 is 5.50. The molecule has 3 nitrogen and oxygen atoms in total. The van der Waals surface area contributed by atoms with Crippen molar-refractivity contribution in [2.45, 2.75) is 45.9 Å². The van der Waals surface area contributed by atoms with E-state index < -0.39 is 0 Å². The summed E-state index contributed by atoms with van der Waals surface area (Å²) in [5.74, 6) is 0.106. The Morgan fingerprint density at radius 3 is 2.50 bits per heavy atom. The van der Waals surface area contributed by atoms with E-state index in [2.05, 4.69) is 31.2 Å². The van der Waals surface area contributed by atoms with E-state index in [-0.39, 0.29) is 18.2 Å². The number of ether oxygens (including phenoxy) is 1. The molecule has 3 heteroatoms. The smallest absolute Gasteiger partial charge is 0.252 e. The van der Waals surface area contributed by atoms with E-state index in [9.17, 15) is 4.79 Å². The van der Waals surface area contributed by atoms with E-state index in [1.807, 2.05) is 24.8 Å². The van der Waals surface area contributed by atoms with E-state index in [1.165, 1.54) is 5.56 Å². The van der Waals surface area contributed by atoms with Gasteiger partial charge in [-0.1, -0.05) is 30.3 Å². The fraction of sp³-hybridized carbons (Fsp3) is 0.471. The van der Waals surface area contributed by atoms with Crippen LogP contribution in [0.25, 0.3) is 0 Å². The van der Waals surface area contributed by atoms with E-state index in [4.69, 9.17) is 4.74 Å². The van der Waals surface area contributed by atoms with Crippen LogP contribution in [0.2, 0.25) is 0 Å². The Kier molecular flexibility index (Phi) is 4.61. The highest BCUT2D eigenvalue weighted by Gasteiger charge is 2.37. The molecule has 0 aromatic heterocycles. The molecule has 0 spiro atoms. The zero-order valence-electron chi connectivity index (χ0n) is 12.7. The first-order chi connectivity index (χ1) is 9.56. The molecular weight excluding hydrogens is 250 g/mol. The standard InChI is InChI=1S/C17H23NO2/c1-12(10-11-15-8-6-5-7-9-15)18-16(19)13(2)14(3)17(18)20-4/h5-9,12,17H,10-11H2,1-4H3/t12-,17-/m0/s1. The minimum Gasteiger partial charge on any atom is -0.358 e. The van der Waals surface area contributed by atoms with Crippen molar-refractivity contribution in [1.29, 1.82) is 0 Å². The molecule has 1 heterocycles. The average molecular weight is 273 g/mol. The Balaban J connectivity index is 2.02. The summed E-state index contributed by atoms with van der Waals surface area (Å²) in [4.78, 5) is 14.2. The van der Waals surface area contributed by atoms with Crippen LogP contribution in [-0.4, -0.2) is 30.2 Å². The van der Waals surface area contributed by atoms with Crippen LogP contribution in [-0.2, 0) is 16.0 Å². The summed E-state index contributed by atoms with van der Waals surface area (Å²) in [6.45, 7) is 5.96. The molecule has 0 aliphatic carbocycles. The maximum absolute atomic E-state index is 12.3. The number of aryl methyl sites for hydroxylation is 1. The van der Waals surface area contributed by atoms with Crippen LogP contribution >= 0.6 is 0 Å². The second-order valence-corrected chi connectivity index (χ2v) is 5.48. The van der Waals surface area contributed by atoms with Crippen molar-refractivity contribution in [2.75, 3.05) is 7.11 Å². The molecule has 1 aromatic rings. The summed E-state index contributed by atoms with van der Waals surface area (Å²) in [6, 6.07) is 10.5. The molecule has 0 N–H and O–H groups in total. The lowest BCUT2D eigenvalue weighted by atomic mass is 10.1. The van der Waals surface area contributed by atoms with E-state index in [0.29, 0.717) is 0 Å². The first-order valence-electron chi connectivity index (χ1n) is 7.13. The number of carbonyl (C=O) groups excluding carboxylic acids is 1. The fourth-order valence-corrected chi connectivity index (χ4v) is 2.74. The molecule has 0 unspecified atom stereocenters. The Morgan fingerprint density at radius 1 is 1.25 bits per heavy atom. The van der Waals surface area contributed by atoms with Crippen molar-refractivity contribution in [2.24, 2.45) is 0 Å². The Bertz CT molecular complexity index is 507. The molecule has 2 rings (SSSR count). The van der Waals surface area contributed by atoms with E-state index in [1.54, 1.807) is 7.11 Å². The molecule has 1 amide bonds. The molecule has 1 aliphatic rings. The van der Waals surface area contributed by atoms with Gasteiger partial charge in [-0.2, -0.15) is 0 Å². The van der Waals surface area contributed by atoms with Gasteiger partial charge in [-0.25, -0.2) is 0 Å². The number of amides is 1. The van der Waals surface area contributed by atoms with Crippen molar-refractivity contribution >= 4 is 5.91 Å². The molecule has 0 saturated heterocycles. The van der Waals surface area contributed by atoms with Gasteiger partial charge in [-0.3, -0.25) is 4.79 Å². The minimum atomic E-state index is -0.201. The lowest BCUT2D eigenvalue weighted by Crippen LogP contribution is -2.43. The normalized spacial score (nSPS) is 20.7. The number of rotatable bonds is 5. The predicted octanol–water partition coefficient (Wildman–Crippen LogP) is 3.16. The highest BCUT2D eigenvalue weighted by Crippen LogP contribution is 2.29. The van der Waals surface area contributed by atoms with Crippen LogP contribution in [0.5, 0.6) is 0 Å². The molecule has 2 atom stereocenters. The highest BCUT2D eigenvalue weighted by molar-refractivity contribution is 5.97. The quantitative estimate of drug-likeness (QED) is 0.824. The van der Waals surface area contributed by atoms with Gasteiger partial charge in [-0.05, 0) is 44.7 Å². The third kappa shape index (κ3) is 2.78. The predicted molar refractivity (Wildman–Crippen MR) is 80.2 cm³/mol. The van der Waals surface area contributed by atoms with Crippen LogP contribution in [0.4, 0.5) is 0 Å². The lowest BCUT2D eigenvalue weighted by Gasteiger charge is -2.31. The third-order valence-electron chi connectivity index (χ3n) is 4.16. The molecule has 0 saturated carbocycles. The van der Waals surface area contributed by atoms with Crippen molar-refractivity contribution < 1.29 is 9.53 Å². The van der Waals surface area contributed by atoms with E-state index in [0.717, 1.165) is 24.0 Å². The lowest BCUT2D eigenvalue weighted by molar-refractivity contribution is -0.136. The number of hydrogen-bond acceptors (Lipinski definition) is 2. The molecule has 1 aliphatic heterocycles. The molecule has 0 fully saturated rings. The van der Waals surface area contributed by atoms with Gasteiger partial charge in [0.15, 0.2) is 6.23 Å². The summed E-state index contributed by atoms with van der Waals surface area (Å²) in [5.41, 5.74) is 3.16. The van der Waals surface area contributed by atoms with Gasteiger partial charge in [0, 0.05) is 18.7 Å². The SMILES string of the molecule is CO[C@H]1C(C)=C(C)C(=O)N1[C@@H](C)CCc1ccccc1. The highest BCUT2D eigenvalue weighted by atomic mass is 16.5. The summed E-state index contributed by atoms with van der Waals surface area (Å²) in [6.07, 6.45) is 1.71. The van der Waals surface area contributed by atoms with Crippen LogP contribution in [0, 0.1) is 0 Å². The Hall–Kier alpha value is -1.61.